The molecule has 0 spiro atoms. The molecule has 9 heteroatoms. The SMILES string of the molecule is COc1ccc(C)cc1S(=O)(=O)Nc1cc(C(=O)O)[nH]n1. The van der Waals surface area contributed by atoms with Crippen molar-refractivity contribution in [1.82, 2.24) is 10.2 Å². The molecule has 0 unspecified atom stereocenters. The number of hydrogen-bond acceptors (Lipinski definition) is 5. The molecule has 2 rings (SSSR count). The van der Waals surface area contributed by atoms with Gasteiger partial charge in [0.15, 0.2) is 5.82 Å². The minimum absolute atomic E-state index is 0.0510. The van der Waals surface area contributed by atoms with Crippen molar-refractivity contribution >= 4 is 21.8 Å². The van der Waals surface area contributed by atoms with Crippen LogP contribution in [0.1, 0.15) is 16.1 Å². The van der Waals surface area contributed by atoms with E-state index in [1.165, 1.54) is 19.2 Å². The number of H-pyrrole nitrogens is 1. The zero-order valence-electron chi connectivity index (χ0n) is 11.2. The lowest BCUT2D eigenvalue weighted by Crippen LogP contribution is -2.14. The van der Waals surface area contributed by atoms with Crippen LogP contribution in [0.15, 0.2) is 29.2 Å². The Morgan fingerprint density at radius 3 is 2.67 bits per heavy atom. The van der Waals surface area contributed by atoms with E-state index in [4.69, 9.17) is 9.84 Å². The van der Waals surface area contributed by atoms with Crippen molar-refractivity contribution in [2.45, 2.75) is 11.8 Å². The first-order valence-electron chi connectivity index (χ1n) is 5.79. The number of sulfonamides is 1. The Morgan fingerprint density at radius 2 is 2.10 bits per heavy atom. The summed E-state index contributed by atoms with van der Waals surface area (Å²) in [4.78, 5) is 10.7. The van der Waals surface area contributed by atoms with E-state index >= 15 is 0 Å². The van der Waals surface area contributed by atoms with Gasteiger partial charge in [-0.1, -0.05) is 6.07 Å². The van der Waals surface area contributed by atoms with Crippen LogP contribution in [-0.2, 0) is 10.0 Å². The number of methoxy groups -OCH3 is 1. The second-order valence-corrected chi connectivity index (χ2v) is 5.88. The average molecular weight is 311 g/mol. The number of benzene rings is 1. The zero-order chi connectivity index (χ0) is 15.6. The van der Waals surface area contributed by atoms with E-state index in [0.717, 1.165) is 11.6 Å². The minimum Gasteiger partial charge on any atom is -0.495 e. The summed E-state index contributed by atoms with van der Waals surface area (Å²) in [7, 11) is -2.58. The zero-order valence-corrected chi connectivity index (χ0v) is 12.1. The first-order chi connectivity index (χ1) is 9.83. The standard InChI is InChI=1S/C12H13N3O5S/c1-7-3-4-9(20-2)10(5-7)21(18,19)15-11-6-8(12(16)17)13-14-11/h3-6H,1-2H3,(H,16,17)(H2,13,14,15). The number of aromatic nitrogens is 2. The maximum Gasteiger partial charge on any atom is 0.353 e. The van der Waals surface area contributed by atoms with Gasteiger partial charge < -0.3 is 9.84 Å². The minimum atomic E-state index is -3.94. The molecule has 1 aromatic heterocycles. The van der Waals surface area contributed by atoms with Crippen molar-refractivity contribution < 1.29 is 23.1 Å². The maximum absolute atomic E-state index is 12.3. The number of aromatic carboxylic acids is 1. The highest BCUT2D eigenvalue weighted by atomic mass is 32.2. The third kappa shape index (κ3) is 3.14. The van der Waals surface area contributed by atoms with Crippen molar-refractivity contribution in [2.24, 2.45) is 0 Å². The Kier molecular flexibility index (Phi) is 3.85. The van der Waals surface area contributed by atoms with Crippen molar-refractivity contribution in [3.8, 4) is 5.75 Å². The Hall–Kier alpha value is -2.55. The van der Waals surface area contributed by atoms with Crippen LogP contribution in [0.5, 0.6) is 5.75 Å². The van der Waals surface area contributed by atoms with Crippen molar-refractivity contribution in [2.75, 3.05) is 11.8 Å². The van der Waals surface area contributed by atoms with Crippen LogP contribution < -0.4 is 9.46 Å². The molecule has 0 bridgehead atoms. The average Bonchev–Trinajstić information content (AvgIpc) is 2.86. The molecule has 0 atom stereocenters. The quantitative estimate of drug-likeness (QED) is 0.763. The van der Waals surface area contributed by atoms with E-state index < -0.39 is 16.0 Å². The fraction of sp³-hybridized carbons (Fsp3) is 0.167. The van der Waals surface area contributed by atoms with Crippen molar-refractivity contribution in [1.29, 1.82) is 0 Å². The molecule has 3 N–H and O–H groups in total. The van der Waals surface area contributed by atoms with Crippen LogP contribution >= 0.6 is 0 Å². The van der Waals surface area contributed by atoms with Gasteiger partial charge in [-0.3, -0.25) is 9.82 Å². The number of carboxylic acid groups (broad SMARTS) is 1. The number of aromatic amines is 1. The van der Waals surface area contributed by atoms with Crippen molar-refractivity contribution in [3.05, 3.63) is 35.5 Å². The van der Waals surface area contributed by atoms with Crippen LogP contribution in [0.25, 0.3) is 0 Å². The van der Waals surface area contributed by atoms with Crippen LogP contribution in [0.4, 0.5) is 5.82 Å². The van der Waals surface area contributed by atoms with Crippen LogP contribution in [-0.4, -0.2) is 36.8 Å². The Morgan fingerprint density at radius 1 is 1.38 bits per heavy atom. The lowest BCUT2D eigenvalue weighted by atomic mass is 10.2. The molecule has 8 nitrogen and oxygen atoms in total. The van der Waals surface area contributed by atoms with Gasteiger partial charge in [0.25, 0.3) is 10.0 Å². The van der Waals surface area contributed by atoms with E-state index in [0.29, 0.717) is 0 Å². The normalized spacial score (nSPS) is 11.1. The number of hydrogen-bond donors (Lipinski definition) is 3. The van der Waals surface area contributed by atoms with E-state index in [1.807, 2.05) is 0 Å². The largest absolute Gasteiger partial charge is 0.495 e. The van der Waals surface area contributed by atoms with Gasteiger partial charge in [-0.25, -0.2) is 13.2 Å². The summed E-state index contributed by atoms with van der Waals surface area (Å²) >= 11 is 0. The van der Waals surface area contributed by atoms with E-state index in [1.54, 1.807) is 13.0 Å². The van der Waals surface area contributed by atoms with Crippen molar-refractivity contribution in [3.63, 3.8) is 0 Å². The predicted molar refractivity (Wildman–Crippen MR) is 74.1 cm³/mol. The number of nitrogens with zero attached hydrogens (tertiary/aromatic N) is 1. The molecule has 0 aliphatic rings. The van der Waals surface area contributed by atoms with Crippen LogP contribution in [0, 0.1) is 6.92 Å². The second-order valence-electron chi connectivity index (χ2n) is 4.23. The van der Waals surface area contributed by atoms with Crippen LogP contribution in [0.3, 0.4) is 0 Å². The van der Waals surface area contributed by atoms with Gasteiger partial charge in [-0.15, -0.1) is 0 Å². The summed E-state index contributed by atoms with van der Waals surface area (Å²) in [5.74, 6) is -1.17. The molecule has 2 aromatic rings. The number of rotatable bonds is 5. The van der Waals surface area contributed by atoms with Gasteiger partial charge in [0.2, 0.25) is 0 Å². The fourth-order valence-corrected chi connectivity index (χ4v) is 2.92. The molecule has 0 radical (unpaired) electrons. The van der Waals surface area contributed by atoms with Gasteiger partial charge in [0.1, 0.15) is 16.3 Å². The molecular formula is C12H13N3O5S. The highest BCUT2D eigenvalue weighted by Gasteiger charge is 2.21. The molecule has 112 valence electrons. The summed E-state index contributed by atoms with van der Waals surface area (Å²) in [5, 5.41) is 14.6. The Labute approximate surface area is 120 Å². The Balaban J connectivity index is 2.38. The summed E-state index contributed by atoms with van der Waals surface area (Å²) in [6.45, 7) is 1.75. The molecule has 0 saturated heterocycles. The van der Waals surface area contributed by atoms with Gasteiger partial charge in [-0.2, -0.15) is 5.10 Å². The number of nitrogens with one attached hydrogen (secondary N) is 2. The summed E-state index contributed by atoms with van der Waals surface area (Å²) in [6, 6.07) is 5.79. The fourth-order valence-electron chi connectivity index (χ4n) is 1.67. The predicted octanol–water partition coefficient (Wildman–Crippen LogP) is 1.23. The smallest absolute Gasteiger partial charge is 0.353 e. The van der Waals surface area contributed by atoms with E-state index in [9.17, 15) is 13.2 Å². The molecule has 1 aromatic carbocycles. The molecule has 0 aliphatic heterocycles. The number of ether oxygens (including phenoxy) is 1. The molecule has 0 saturated carbocycles. The summed E-state index contributed by atoms with van der Waals surface area (Å²) in [5.41, 5.74) is 0.522. The molecule has 21 heavy (non-hydrogen) atoms. The summed E-state index contributed by atoms with van der Waals surface area (Å²) in [6.07, 6.45) is 0. The number of aryl methyl sites for hydroxylation is 1. The molecule has 1 heterocycles. The topological polar surface area (TPSA) is 121 Å². The number of anilines is 1. The number of carboxylic acids is 1. The van der Waals surface area contributed by atoms with Gasteiger partial charge in [-0.05, 0) is 24.6 Å². The molecule has 0 amide bonds. The Bertz CT molecular complexity index is 782. The van der Waals surface area contributed by atoms with Gasteiger partial charge in [0.05, 0.1) is 7.11 Å². The first kappa shape index (κ1) is 14.9. The van der Waals surface area contributed by atoms with E-state index in [-0.39, 0.29) is 22.2 Å². The number of carbonyl (C=O) groups is 1. The van der Waals surface area contributed by atoms with Crippen LogP contribution in [0.2, 0.25) is 0 Å². The van der Waals surface area contributed by atoms with Gasteiger partial charge in [0, 0.05) is 6.07 Å². The monoisotopic (exact) mass is 311 g/mol. The third-order valence-corrected chi connectivity index (χ3v) is 4.03. The maximum atomic E-state index is 12.3. The first-order valence-corrected chi connectivity index (χ1v) is 7.28. The lowest BCUT2D eigenvalue weighted by Gasteiger charge is -2.10. The lowest BCUT2D eigenvalue weighted by molar-refractivity contribution is 0.0690. The highest BCUT2D eigenvalue weighted by molar-refractivity contribution is 7.92. The molecular weight excluding hydrogens is 298 g/mol. The summed E-state index contributed by atoms with van der Waals surface area (Å²) < 4.78 is 31.9. The van der Waals surface area contributed by atoms with Gasteiger partial charge >= 0.3 is 5.97 Å². The molecule has 0 aliphatic carbocycles. The third-order valence-electron chi connectivity index (χ3n) is 2.66. The molecule has 0 fully saturated rings. The second kappa shape index (κ2) is 5.44. The van der Waals surface area contributed by atoms with E-state index in [2.05, 4.69) is 14.9 Å². The highest BCUT2D eigenvalue weighted by Crippen LogP contribution is 2.26.